The first-order valence-electron chi connectivity index (χ1n) is 16.4. The second-order valence-electron chi connectivity index (χ2n) is 12.0. The minimum absolute atomic E-state index is 0.0241. The van der Waals surface area contributed by atoms with Crippen LogP contribution in [0.3, 0.4) is 0 Å². The molecule has 0 radical (unpaired) electrons. The van der Waals surface area contributed by atoms with Crippen LogP contribution in [0.5, 0.6) is 11.5 Å². The summed E-state index contributed by atoms with van der Waals surface area (Å²) in [7, 11) is -3.98. The maximum atomic E-state index is 13.7. The van der Waals surface area contributed by atoms with Gasteiger partial charge in [-0.2, -0.15) is 23.2 Å². The van der Waals surface area contributed by atoms with Gasteiger partial charge in [-0.1, -0.05) is 54.6 Å². The number of hydrogen-bond acceptors (Lipinski definition) is 8. The molecule has 0 atom stereocenters. The molecule has 0 aliphatic carbocycles. The molecule has 52 heavy (non-hydrogen) atoms. The van der Waals surface area contributed by atoms with E-state index in [0.29, 0.717) is 28.9 Å². The van der Waals surface area contributed by atoms with E-state index in [0.717, 1.165) is 60.2 Å². The number of halogens is 3. The van der Waals surface area contributed by atoms with Gasteiger partial charge in [-0.05, 0) is 109 Å². The molecule has 0 unspecified atom stereocenters. The van der Waals surface area contributed by atoms with Gasteiger partial charge in [0, 0.05) is 18.7 Å². The van der Waals surface area contributed by atoms with Crippen molar-refractivity contribution in [2.75, 3.05) is 25.5 Å². The van der Waals surface area contributed by atoms with E-state index >= 15 is 0 Å². The quantitative estimate of drug-likeness (QED) is 0.0417. The smallest absolute Gasteiger partial charge is 0.455 e. The molecule has 4 aromatic carbocycles. The van der Waals surface area contributed by atoms with Crippen LogP contribution in [0.4, 0.5) is 13.2 Å². The second-order valence-corrected chi connectivity index (χ2v) is 14.6. The number of nitrogens with two attached hydrogens (primary N) is 1. The number of carbonyl (C=O) groups is 1. The molecule has 272 valence electrons. The van der Waals surface area contributed by atoms with E-state index in [1.165, 1.54) is 18.2 Å². The number of alkyl halides is 3. The van der Waals surface area contributed by atoms with Gasteiger partial charge < -0.3 is 20.7 Å². The van der Waals surface area contributed by atoms with Gasteiger partial charge in [0.25, 0.3) is 0 Å². The molecule has 1 saturated heterocycles. The first kappa shape index (κ1) is 38.4. The molecule has 0 aromatic heterocycles. The Hall–Kier alpha value is -4.88. The summed E-state index contributed by atoms with van der Waals surface area (Å²) < 4.78 is 79.2. The molecule has 1 amide bonds. The highest BCUT2D eigenvalue weighted by molar-refractivity contribution is 7.99. The van der Waals surface area contributed by atoms with Crippen molar-refractivity contribution in [3.8, 4) is 39.8 Å². The van der Waals surface area contributed by atoms with E-state index in [9.17, 15) is 31.6 Å². The topological polar surface area (TPSA) is 150 Å². The monoisotopic (exact) mass is 750 g/mol. The van der Waals surface area contributed by atoms with Gasteiger partial charge in [-0.3, -0.25) is 4.79 Å². The number of piperidine rings is 1. The maximum absolute atomic E-state index is 13.7. The van der Waals surface area contributed by atoms with Gasteiger partial charge in [0.1, 0.15) is 17.6 Å². The lowest BCUT2D eigenvalue weighted by molar-refractivity contribution is -0.186. The molecule has 0 saturated carbocycles. The largest absolute Gasteiger partial charge is 0.471 e. The van der Waals surface area contributed by atoms with Gasteiger partial charge in [0.05, 0.1) is 22.7 Å². The molecule has 1 fully saturated rings. The molecule has 10 nitrogen and oxygen atoms in total. The third-order valence-electron chi connectivity index (χ3n) is 8.54. The van der Waals surface area contributed by atoms with Crippen molar-refractivity contribution in [1.29, 1.82) is 5.26 Å². The first-order valence-corrected chi connectivity index (χ1v) is 18.8. The Morgan fingerprint density at radius 1 is 1.00 bits per heavy atom. The lowest BCUT2D eigenvalue weighted by Gasteiger charge is -2.28. The zero-order valence-corrected chi connectivity index (χ0v) is 29.6. The average molecular weight is 751 g/mol. The summed E-state index contributed by atoms with van der Waals surface area (Å²) in [5.41, 5.74) is 8.53. The summed E-state index contributed by atoms with van der Waals surface area (Å²) in [6.07, 6.45) is -1.82. The molecular weight excluding hydrogens is 714 g/mol. The number of benzene rings is 4. The summed E-state index contributed by atoms with van der Waals surface area (Å²) >= 11 is 0.896. The van der Waals surface area contributed by atoms with Gasteiger partial charge in [-0.15, -0.1) is 0 Å². The third-order valence-corrected chi connectivity index (χ3v) is 10.7. The van der Waals surface area contributed by atoms with E-state index in [1.807, 2.05) is 48.5 Å². The highest BCUT2D eigenvalue weighted by atomic mass is 32.2. The number of carbonyl (C=O) groups excluding carboxylic acids is 1. The predicted molar refractivity (Wildman–Crippen MR) is 196 cm³/mol. The number of rotatable bonds is 14. The fourth-order valence-electron chi connectivity index (χ4n) is 5.89. The Balaban J connectivity index is 1.48. The second kappa shape index (κ2) is 17.6. The molecule has 0 bridgehead atoms. The summed E-state index contributed by atoms with van der Waals surface area (Å²) in [6.45, 7) is 1.33. The van der Waals surface area contributed by atoms with Crippen molar-refractivity contribution >= 4 is 34.2 Å². The normalized spacial score (nSPS) is 13.9. The van der Waals surface area contributed by atoms with Crippen LogP contribution in [-0.2, 0) is 21.4 Å². The summed E-state index contributed by atoms with van der Waals surface area (Å²) in [5.74, 6) is -1.32. The zero-order chi connectivity index (χ0) is 37.1. The maximum Gasteiger partial charge on any atom is 0.471 e. The fraction of sp³-hybridized carbons (Fsp3) is 0.270. The Kier molecular flexibility index (Phi) is 13.0. The molecule has 1 aliphatic rings. The molecule has 0 spiro atoms. The average Bonchev–Trinajstić information content (AvgIpc) is 3.15. The van der Waals surface area contributed by atoms with Crippen LogP contribution in [0.2, 0.25) is 0 Å². The van der Waals surface area contributed by atoms with E-state index in [2.05, 4.69) is 14.4 Å². The van der Waals surface area contributed by atoms with Crippen LogP contribution >= 0.6 is 11.9 Å². The molecule has 15 heteroatoms. The Morgan fingerprint density at radius 3 is 2.44 bits per heavy atom. The minimum atomic E-state index is -5.02. The van der Waals surface area contributed by atoms with Crippen molar-refractivity contribution < 1.29 is 31.1 Å². The number of nitriles is 1. The Bertz CT molecular complexity index is 2030. The number of nitrogens with one attached hydrogen (secondary N) is 2. The molecule has 4 N–H and O–H groups in total. The van der Waals surface area contributed by atoms with Crippen molar-refractivity contribution in [1.82, 2.24) is 14.9 Å². The lowest BCUT2D eigenvalue weighted by Crippen LogP contribution is -2.42. The van der Waals surface area contributed by atoms with Gasteiger partial charge in [-0.25, -0.2) is 12.8 Å². The van der Waals surface area contributed by atoms with E-state index < -0.39 is 22.1 Å². The standard InChI is InChI=1S/C37H37F3N6O4S2/c38-37(39,40)36(47)46(18-15-26-13-16-43-17-14-26)23-27-5-4-8-30(19-27)33-21-29(28-6-2-1-3-7-28)9-11-35(33)50-34-12-10-32(20-31(34)22-41)52(48,49)45-25-51-44-24-42/h1-12,19-21,24,26,43,45H,13-18,23,25H2,(H2,42,44). The van der Waals surface area contributed by atoms with E-state index in [4.69, 9.17) is 10.5 Å². The third kappa shape index (κ3) is 10.1. The van der Waals surface area contributed by atoms with Crippen LogP contribution in [0.1, 0.15) is 30.4 Å². The van der Waals surface area contributed by atoms with Crippen LogP contribution in [0.25, 0.3) is 22.3 Å². The van der Waals surface area contributed by atoms with Gasteiger partial charge >= 0.3 is 12.1 Å². The van der Waals surface area contributed by atoms with Crippen molar-refractivity contribution in [3.05, 3.63) is 102 Å². The number of nitrogens with zero attached hydrogens (tertiary/aromatic N) is 3. The number of sulfonamides is 1. The number of ether oxygens (including phenoxy) is 1. The summed E-state index contributed by atoms with van der Waals surface area (Å²) in [4.78, 5) is 13.3. The van der Waals surface area contributed by atoms with E-state index in [-0.39, 0.29) is 41.1 Å². The Morgan fingerprint density at radius 2 is 1.73 bits per heavy atom. The highest BCUT2D eigenvalue weighted by Crippen LogP contribution is 2.39. The van der Waals surface area contributed by atoms with Crippen LogP contribution in [-0.4, -0.2) is 57.3 Å². The van der Waals surface area contributed by atoms with Gasteiger partial charge in [0.2, 0.25) is 10.0 Å². The zero-order valence-electron chi connectivity index (χ0n) is 28.0. The highest BCUT2D eigenvalue weighted by Gasteiger charge is 2.42. The van der Waals surface area contributed by atoms with Crippen LogP contribution in [0.15, 0.2) is 100 Å². The molecule has 1 heterocycles. The van der Waals surface area contributed by atoms with E-state index in [1.54, 1.807) is 30.3 Å². The number of amides is 1. The van der Waals surface area contributed by atoms with Crippen LogP contribution < -0.4 is 20.5 Å². The molecule has 1 aliphatic heterocycles. The van der Waals surface area contributed by atoms with Crippen molar-refractivity contribution in [2.24, 2.45) is 16.0 Å². The Labute approximate surface area is 305 Å². The molecule has 5 rings (SSSR count). The first-order chi connectivity index (χ1) is 25.0. The summed E-state index contributed by atoms with van der Waals surface area (Å²) in [5, 5.41) is 13.2. The minimum Gasteiger partial charge on any atom is -0.455 e. The summed E-state index contributed by atoms with van der Waals surface area (Å²) in [6, 6.07) is 27.7. The van der Waals surface area contributed by atoms with Gasteiger partial charge in [0.15, 0.2) is 0 Å². The predicted octanol–water partition coefficient (Wildman–Crippen LogP) is 6.84. The SMILES string of the molecule is N#Cc1cc(S(=O)(=O)NCSN=CN)ccc1Oc1ccc(-c2ccccc2)cc1-c1cccc(CN(CCC2CCNCC2)C(=O)C(F)(F)F)c1. The molecular formula is C37H37F3N6O4S2. The molecule has 4 aromatic rings. The lowest BCUT2D eigenvalue weighted by atomic mass is 9.94. The van der Waals surface area contributed by atoms with Crippen molar-refractivity contribution in [2.45, 2.75) is 36.9 Å². The van der Waals surface area contributed by atoms with Crippen molar-refractivity contribution in [3.63, 3.8) is 0 Å². The fourth-order valence-corrected chi connectivity index (χ4v) is 7.57. The number of hydrogen-bond donors (Lipinski definition) is 3. The van der Waals surface area contributed by atoms with Crippen LogP contribution in [0, 0.1) is 17.2 Å².